The van der Waals surface area contributed by atoms with Gasteiger partial charge in [-0.3, -0.25) is 10.1 Å². The summed E-state index contributed by atoms with van der Waals surface area (Å²) in [5.41, 5.74) is 0.340. The number of benzene rings is 1. The average Bonchev–Trinajstić information content (AvgIpc) is 2.82. The second-order valence-electron chi connectivity index (χ2n) is 4.30. The molecule has 1 amide bonds. The van der Waals surface area contributed by atoms with Gasteiger partial charge in [0.15, 0.2) is 0 Å². The van der Waals surface area contributed by atoms with Crippen molar-refractivity contribution in [2.45, 2.75) is 6.92 Å². The van der Waals surface area contributed by atoms with Crippen LogP contribution in [0.3, 0.4) is 0 Å². The van der Waals surface area contributed by atoms with E-state index in [1.807, 2.05) is 6.07 Å². The first kappa shape index (κ1) is 15.8. The molecule has 7 heteroatoms. The molecule has 22 heavy (non-hydrogen) atoms. The first-order valence-corrected chi connectivity index (χ1v) is 6.96. The molecule has 6 nitrogen and oxygen atoms in total. The van der Waals surface area contributed by atoms with Crippen LogP contribution in [-0.4, -0.2) is 19.0 Å². The maximum absolute atomic E-state index is 12.1. The molecule has 0 bridgehead atoms. The quantitative estimate of drug-likeness (QED) is 0.845. The molecule has 112 valence electrons. The van der Waals surface area contributed by atoms with Gasteiger partial charge in [0, 0.05) is 10.0 Å². The van der Waals surface area contributed by atoms with E-state index in [1.54, 1.807) is 24.3 Å². The number of esters is 1. The van der Waals surface area contributed by atoms with Crippen molar-refractivity contribution in [3.05, 3.63) is 51.2 Å². The van der Waals surface area contributed by atoms with Crippen LogP contribution in [0.15, 0.2) is 33.2 Å². The Bertz CT molecular complexity index is 772. The lowest BCUT2D eigenvalue weighted by atomic mass is 10.1. The van der Waals surface area contributed by atoms with Gasteiger partial charge in [-0.05, 0) is 31.2 Å². The van der Waals surface area contributed by atoms with Gasteiger partial charge in [0.1, 0.15) is 23.0 Å². The number of nitrogens with one attached hydrogen (secondary N) is 1. The zero-order valence-electron chi connectivity index (χ0n) is 11.8. The van der Waals surface area contributed by atoms with Crippen molar-refractivity contribution in [1.29, 1.82) is 5.26 Å². The second kappa shape index (κ2) is 6.45. The van der Waals surface area contributed by atoms with Crippen molar-refractivity contribution >= 4 is 33.7 Å². The van der Waals surface area contributed by atoms with Crippen molar-refractivity contribution < 1.29 is 18.7 Å². The van der Waals surface area contributed by atoms with E-state index in [9.17, 15) is 14.9 Å². The molecule has 0 saturated carbocycles. The second-order valence-corrected chi connectivity index (χ2v) is 5.22. The first-order valence-electron chi connectivity index (χ1n) is 6.16. The summed E-state index contributed by atoms with van der Waals surface area (Å²) in [4.78, 5) is 23.8. The fraction of sp³-hybridized carbons (Fsp3) is 0.133. The van der Waals surface area contributed by atoms with Gasteiger partial charge in [-0.15, -0.1) is 0 Å². The van der Waals surface area contributed by atoms with Gasteiger partial charge in [-0.2, -0.15) is 5.26 Å². The number of hydrogen-bond acceptors (Lipinski definition) is 5. The Morgan fingerprint density at radius 3 is 2.50 bits per heavy atom. The van der Waals surface area contributed by atoms with E-state index in [2.05, 4.69) is 26.0 Å². The molecule has 0 fully saturated rings. The summed E-state index contributed by atoms with van der Waals surface area (Å²) in [6, 6.07) is 8.51. The minimum absolute atomic E-state index is 0.0103. The fourth-order valence-corrected chi connectivity index (χ4v) is 2.13. The summed E-state index contributed by atoms with van der Waals surface area (Å²) in [7, 11) is 1.20. The third-order valence-corrected chi connectivity index (χ3v) is 3.45. The lowest BCUT2D eigenvalue weighted by Gasteiger charge is -2.02. The first-order chi connectivity index (χ1) is 10.5. The van der Waals surface area contributed by atoms with Gasteiger partial charge in [-0.25, -0.2) is 4.79 Å². The number of nitrogens with zero attached hydrogens (tertiary/aromatic N) is 1. The number of furan rings is 1. The molecule has 0 saturated heterocycles. The highest BCUT2D eigenvalue weighted by molar-refractivity contribution is 9.10. The Morgan fingerprint density at radius 1 is 1.32 bits per heavy atom. The normalized spacial score (nSPS) is 9.91. The summed E-state index contributed by atoms with van der Waals surface area (Å²) in [6.45, 7) is 1.52. The molecule has 0 unspecified atom stereocenters. The van der Waals surface area contributed by atoms with Gasteiger partial charge < -0.3 is 9.15 Å². The number of aryl methyl sites for hydroxylation is 1. The van der Waals surface area contributed by atoms with Gasteiger partial charge in [0.25, 0.3) is 5.91 Å². The molecule has 2 rings (SSSR count). The summed E-state index contributed by atoms with van der Waals surface area (Å²) in [6.07, 6.45) is 0. The van der Waals surface area contributed by atoms with Crippen molar-refractivity contribution in [1.82, 2.24) is 0 Å². The minimum Gasteiger partial charge on any atom is -0.465 e. The Labute approximate surface area is 134 Å². The van der Waals surface area contributed by atoms with Crippen LogP contribution in [0.2, 0.25) is 0 Å². The topological polar surface area (TPSA) is 92.3 Å². The lowest BCUT2D eigenvalue weighted by Crippen LogP contribution is -2.12. The molecule has 0 spiro atoms. The van der Waals surface area contributed by atoms with E-state index in [0.717, 1.165) is 4.47 Å². The van der Waals surface area contributed by atoms with E-state index < -0.39 is 11.9 Å². The Kier molecular flexibility index (Phi) is 4.63. The molecule has 0 radical (unpaired) electrons. The fourth-order valence-electron chi connectivity index (χ4n) is 1.86. The third kappa shape index (κ3) is 3.02. The number of amides is 1. The number of ether oxygens (including phenoxy) is 1. The van der Waals surface area contributed by atoms with Crippen LogP contribution in [0, 0.1) is 18.3 Å². The van der Waals surface area contributed by atoms with E-state index in [4.69, 9.17) is 4.42 Å². The summed E-state index contributed by atoms with van der Waals surface area (Å²) >= 11 is 3.28. The van der Waals surface area contributed by atoms with Crippen molar-refractivity contribution in [2.24, 2.45) is 0 Å². The molecule has 0 aliphatic heterocycles. The van der Waals surface area contributed by atoms with Gasteiger partial charge in [0.05, 0.1) is 7.11 Å². The van der Waals surface area contributed by atoms with Gasteiger partial charge in [0.2, 0.25) is 5.88 Å². The Balaban J connectivity index is 2.34. The predicted octanol–water partition coefficient (Wildman–Crippen LogP) is 3.26. The predicted molar refractivity (Wildman–Crippen MR) is 81.6 cm³/mol. The van der Waals surface area contributed by atoms with E-state index in [0.29, 0.717) is 5.56 Å². The van der Waals surface area contributed by atoms with E-state index >= 15 is 0 Å². The number of halogens is 1. The smallest absolute Gasteiger partial charge is 0.342 e. The van der Waals surface area contributed by atoms with Crippen LogP contribution < -0.4 is 5.32 Å². The average molecular weight is 363 g/mol. The largest absolute Gasteiger partial charge is 0.465 e. The standard InChI is InChI=1S/C15H11BrN2O4/c1-8-12(15(20)21-2)11(7-17)14(22-8)18-13(19)9-3-5-10(16)6-4-9/h3-6H,1-2H3,(H,18,19). The highest BCUT2D eigenvalue weighted by atomic mass is 79.9. The SMILES string of the molecule is COC(=O)c1c(C)oc(NC(=O)c2ccc(Br)cc2)c1C#N. The number of rotatable bonds is 3. The molecule has 0 aliphatic carbocycles. The van der Waals surface area contributed by atoms with Crippen LogP contribution >= 0.6 is 15.9 Å². The molecular weight excluding hydrogens is 352 g/mol. The number of hydrogen-bond donors (Lipinski definition) is 1. The molecule has 0 aliphatic rings. The highest BCUT2D eigenvalue weighted by Crippen LogP contribution is 2.27. The molecule has 2 aromatic rings. The zero-order chi connectivity index (χ0) is 16.3. The molecule has 1 N–H and O–H groups in total. The van der Waals surface area contributed by atoms with Gasteiger partial charge in [-0.1, -0.05) is 15.9 Å². The van der Waals surface area contributed by atoms with Crippen LogP contribution in [0.4, 0.5) is 5.88 Å². The Hall–Kier alpha value is -2.59. The molecule has 1 heterocycles. The summed E-state index contributed by atoms with van der Waals surface area (Å²) in [5.74, 6) is -1.01. The number of carbonyl (C=O) groups is 2. The summed E-state index contributed by atoms with van der Waals surface area (Å²) < 4.78 is 10.8. The van der Waals surface area contributed by atoms with Crippen molar-refractivity contribution in [3.63, 3.8) is 0 Å². The number of anilines is 1. The van der Waals surface area contributed by atoms with E-state index in [1.165, 1.54) is 14.0 Å². The Morgan fingerprint density at radius 2 is 1.95 bits per heavy atom. The lowest BCUT2D eigenvalue weighted by molar-refractivity contribution is 0.0598. The molecule has 1 aromatic carbocycles. The number of nitriles is 1. The monoisotopic (exact) mass is 362 g/mol. The zero-order valence-corrected chi connectivity index (χ0v) is 13.4. The van der Waals surface area contributed by atoms with Crippen LogP contribution in [0.25, 0.3) is 0 Å². The van der Waals surface area contributed by atoms with Crippen LogP contribution in [0.5, 0.6) is 0 Å². The van der Waals surface area contributed by atoms with Gasteiger partial charge >= 0.3 is 5.97 Å². The number of methoxy groups -OCH3 is 1. The minimum atomic E-state index is -0.693. The highest BCUT2D eigenvalue weighted by Gasteiger charge is 2.25. The van der Waals surface area contributed by atoms with Crippen LogP contribution in [0.1, 0.15) is 32.0 Å². The molecule has 1 aromatic heterocycles. The maximum Gasteiger partial charge on any atom is 0.342 e. The number of carbonyl (C=O) groups excluding carboxylic acids is 2. The molecular formula is C15H11BrN2O4. The van der Waals surface area contributed by atoms with Crippen molar-refractivity contribution in [3.8, 4) is 6.07 Å². The maximum atomic E-state index is 12.1. The van der Waals surface area contributed by atoms with Crippen LogP contribution in [-0.2, 0) is 4.74 Å². The third-order valence-electron chi connectivity index (χ3n) is 2.92. The summed E-state index contributed by atoms with van der Waals surface area (Å²) in [5, 5.41) is 11.7. The van der Waals surface area contributed by atoms with E-state index in [-0.39, 0.29) is 22.8 Å². The molecule has 0 atom stereocenters. The van der Waals surface area contributed by atoms with Crippen molar-refractivity contribution in [2.75, 3.05) is 12.4 Å².